The number of ether oxygens (including phenoxy) is 1. The van der Waals surface area contributed by atoms with Crippen LogP contribution in [0.5, 0.6) is 5.75 Å². The molecular weight excluding hydrogens is 292 g/mol. The summed E-state index contributed by atoms with van der Waals surface area (Å²) in [6.45, 7) is 1.55. The molecule has 1 aromatic rings. The second-order valence-corrected chi connectivity index (χ2v) is 6.75. The van der Waals surface area contributed by atoms with Gasteiger partial charge in [-0.15, -0.1) is 0 Å². The van der Waals surface area contributed by atoms with Crippen LogP contribution in [0.15, 0.2) is 18.2 Å². The van der Waals surface area contributed by atoms with E-state index < -0.39 is 21.0 Å². The van der Waals surface area contributed by atoms with Crippen LogP contribution in [0.2, 0.25) is 0 Å². The zero-order valence-corrected chi connectivity index (χ0v) is 13.0. The van der Waals surface area contributed by atoms with Gasteiger partial charge in [-0.1, -0.05) is 11.8 Å². The molecule has 1 aromatic carbocycles. The van der Waals surface area contributed by atoms with Crippen LogP contribution in [0.1, 0.15) is 12.5 Å². The first-order valence-corrected chi connectivity index (χ1v) is 8.11. The van der Waals surface area contributed by atoms with E-state index in [0.29, 0.717) is 17.0 Å². The summed E-state index contributed by atoms with van der Waals surface area (Å²) < 4.78 is 27.9. The minimum Gasteiger partial charge on any atom is -0.495 e. The second-order valence-electron chi connectivity index (χ2n) is 4.38. The number of sulfone groups is 1. The second kappa shape index (κ2) is 7.11. The van der Waals surface area contributed by atoms with E-state index in [1.807, 2.05) is 0 Å². The van der Waals surface area contributed by atoms with E-state index in [9.17, 15) is 13.2 Å². The number of carbonyl (C=O) groups excluding carboxylic acids is 1. The summed E-state index contributed by atoms with van der Waals surface area (Å²) in [6, 6.07) is 4.97. The SMILES string of the molecule is COc1ccc(C#CCN)cc1NC(=O)C(C)S(C)(=O)=O. The molecule has 0 heterocycles. The zero-order valence-electron chi connectivity index (χ0n) is 12.1. The number of rotatable bonds is 4. The lowest BCUT2D eigenvalue weighted by Gasteiger charge is -2.13. The Hall–Kier alpha value is -2.04. The first kappa shape index (κ1) is 17.0. The third-order valence-electron chi connectivity index (χ3n) is 2.80. The molecule has 21 heavy (non-hydrogen) atoms. The Morgan fingerprint density at radius 1 is 1.48 bits per heavy atom. The van der Waals surface area contributed by atoms with E-state index in [0.717, 1.165) is 6.26 Å². The molecule has 7 heteroatoms. The summed E-state index contributed by atoms with van der Waals surface area (Å²) in [7, 11) is -2.01. The third kappa shape index (κ3) is 4.77. The average Bonchev–Trinajstić information content (AvgIpc) is 2.43. The number of amides is 1. The van der Waals surface area contributed by atoms with Crippen molar-refractivity contribution in [2.45, 2.75) is 12.2 Å². The fraction of sp³-hybridized carbons (Fsp3) is 0.357. The highest BCUT2D eigenvalue weighted by Gasteiger charge is 2.24. The van der Waals surface area contributed by atoms with Gasteiger partial charge in [0, 0.05) is 11.8 Å². The number of carbonyl (C=O) groups is 1. The van der Waals surface area contributed by atoms with E-state index in [4.69, 9.17) is 10.5 Å². The monoisotopic (exact) mass is 310 g/mol. The summed E-state index contributed by atoms with van der Waals surface area (Å²) in [5.41, 5.74) is 6.31. The first-order valence-electron chi connectivity index (χ1n) is 6.16. The van der Waals surface area contributed by atoms with E-state index in [-0.39, 0.29) is 6.54 Å². The lowest BCUT2D eigenvalue weighted by molar-refractivity contribution is -0.115. The molecule has 0 spiro atoms. The summed E-state index contributed by atoms with van der Waals surface area (Å²) in [5, 5.41) is 1.39. The largest absolute Gasteiger partial charge is 0.495 e. The van der Waals surface area contributed by atoms with Gasteiger partial charge < -0.3 is 15.8 Å². The standard InChI is InChI=1S/C14H18N2O4S/c1-10(21(3,18)19)14(17)16-12-9-11(5-4-8-15)6-7-13(12)20-2/h6-7,9-10H,8,15H2,1-3H3,(H,16,17). The van der Waals surface area contributed by atoms with Gasteiger partial charge in [0.25, 0.3) is 0 Å². The first-order chi connectivity index (χ1) is 9.79. The Bertz CT molecular complexity index is 687. The number of anilines is 1. The predicted molar refractivity (Wildman–Crippen MR) is 81.9 cm³/mol. The van der Waals surface area contributed by atoms with Crippen molar-refractivity contribution in [2.75, 3.05) is 25.2 Å². The fourth-order valence-electron chi connectivity index (χ4n) is 1.47. The predicted octanol–water partition coefficient (Wildman–Crippen LogP) is 0.377. The van der Waals surface area contributed by atoms with Crippen molar-refractivity contribution >= 4 is 21.4 Å². The van der Waals surface area contributed by atoms with Crippen LogP contribution in [0, 0.1) is 11.8 Å². The Labute approximate surface area is 124 Å². The van der Waals surface area contributed by atoms with Crippen LogP contribution in [-0.2, 0) is 14.6 Å². The Kier molecular flexibility index (Phi) is 5.76. The summed E-state index contributed by atoms with van der Waals surface area (Å²) >= 11 is 0. The van der Waals surface area contributed by atoms with Gasteiger partial charge in [-0.05, 0) is 25.1 Å². The van der Waals surface area contributed by atoms with Crippen molar-refractivity contribution in [1.82, 2.24) is 0 Å². The minimum atomic E-state index is -3.46. The maximum Gasteiger partial charge on any atom is 0.242 e. The number of benzene rings is 1. The number of hydrogen-bond donors (Lipinski definition) is 2. The molecule has 3 N–H and O–H groups in total. The van der Waals surface area contributed by atoms with Crippen LogP contribution in [-0.4, -0.2) is 39.5 Å². The van der Waals surface area contributed by atoms with Crippen molar-refractivity contribution in [3.63, 3.8) is 0 Å². The van der Waals surface area contributed by atoms with Gasteiger partial charge in [0.05, 0.1) is 19.3 Å². The molecule has 114 valence electrons. The van der Waals surface area contributed by atoms with E-state index in [2.05, 4.69) is 17.2 Å². The number of nitrogens with one attached hydrogen (secondary N) is 1. The van der Waals surface area contributed by atoms with Gasteiger partial charge >= 0.3 is 0 Å². The van der Waals surface area contributed by atoms with Crippen molar-refractivity contribution < 1.29 is 17.9 Å². The third-order valence-corrected chi connectivity index (χ3v) is 4.30. The van der Waals surface area contributed by atoms with Gasteiger partial charge in [-0.2, -0.15) is 0 Å². The Balaban J connectivity index is 3.08. The normalized spacial score (nSPS) is 12.0. The molecule has 0 aliphatic heterocycles. The van der Waals surface area contributed by atoms with Crippen molar-refractivity contribution in [1.29, 1.82) is 0 Å². The van der Waals surface area contributed by atoms with Gasteiger partial charge in [-0.3, -0.25) is 4.79 Å². The highest BCUT2D eigenvalue weighted by molar-refractivity contribution is 7.92. The molecule has 0 aliphatic rings. The molecule has 6 nitrogen and oxygen atoms in total. The molecule has 1 atom stereocenters. The molecule has 0 radical (unpaired) electrons. The van der Waals surface area contributed by atoms with Crippen molar-refractivity contribution in [3.8, 4) is 17.6 Å². The van der Waals surface area contributed by atoms with E-state index in [1.165, 1.54) is 14.0 Å². The lowest BCUT2D eigenvalue weighted by atomic mass is 10.2. The zero-order chi connectivity index (χ0) is 16.0. The number of methoxy groups -OCH3 is 1. The van der Waals surface area contributed by atoms with Gasteiger partial charge in [0.2, 0.25) is 5.91 Å². The molecule has 1 rings (SSSR count). The quantitative estimate of drug-likeness (QED) is 0.783. The molecule has 0 aromatic heterocycles. The Morgan fingerprint density at radius 3 is 2.67 bits per heavy atom. The van der Waals surface area contributed by atoms with Crippen LogP contribution in [0.3, 0.4) is 0 Å². The smallest absolute Gasteiger partial charge is 0.242 e. The molecule has 0 aliphatic carbocycles. The molecule has 1 amide bonds. The maximum absolute atomic E-state index is 12.0. The van der Waals surface area contributed by atoms with Gasteiger partial charge in [0.15, 0.2) is 9.84 Å². The van der Waals surface area contributed by atoms with Crippen molar-refractivity contribution in [3.05, 3.63) is 23.8 Å². The van der Waals surface area contributed by atoms with Gasteiger partial charge in [-0.25, -0.2) is 8.42 Å². The van der Waals surface area contributed by atoms with E-state index in [1.54, 1.807) is 18.2 Å². The van der Waals surface area contributed by atoms with Crippen LogP contribution in [0.4, 0.5) is 5.69 Å². The number of nitrogens with two attached hydrogens (primary N) is 1. The molecule has 1 unspecified atom stereocenters. The molecule has 0 fully saturated rings. The van der Waals surface area contributed by atoms with Crippen LogP contribution < -0.4 is 15.8 Å². The molecule has 0 saturated carbocycles. The summed E-state index contributed by atoms with van der Waals surface area (Å²) in [4.78, 5) is 12.0. The summed E-state index contributed by atoms with van der Waals surface area (Å²) in [6.07, 6.45) is 1.01. The van der Waals surface area contributed by atoms with Gasteiger partial charge in [0.1, 0.15) is 11.0 Å². The summed E-state index contributed by atoms with van der Waals surface area (Å²) in [5.74, 6) is 5.32. The van der Waals surface area contributed by atoms with Crippen molar-refractivity contribution in [2.24, 2.45) is 5.73 Å². The van der Waals surface area contributed by atoms with Crippen LogP contribution >= 0.6 is 0 Å². The van der Waals surface area contributed by atoms with Crippen LogP contribution in [0.25, 0.3) is 0 Å². The minimum absolute atomic E-state index is 0.221. The maximum atomic E-state index is 12.0. The number of hydrogen-bond acceptors (Lipinski definition) is 5. The molecule has 0 saturated heterocycles. The lowest BCUT2D eigenvalue weighted by Crippen LogP contribution is -2.31. The fourth-order valence-corrected chi connectivity index (χ4v) is 1.91. The average molecular weight is 310 g/mol. The van der Waals surface area contributed by atoms with E-state index >= 15 is 0 Å². The molecular formula is C14H18N2O4S. The highest BCUT2D eigenvalue weighted by atomic mass is 32.2. The molecule has 0 bridgehead atoms. The topological polar surface area (TPSA) is 98.5 Å². The Morgan fingerprint density at radius 2 is 2.14 bits per heavy atom. The highest BCUT2D eigenvalue weighted by Crippen LogP contribution is 2.25.